The third-order valence-corrected chi connectivity index (χ3v) is 8.44. The molecule has 0 radical (unpaired) electrons. The monoisotopic (exact) mass is 346 g/mol. The fourth-order valence-corrected chi connectivity index (χ4v) is 7.33. The van der Waals surface area contributed by atoms with Gasteiger partial charge in [-0.25, -0.2) is 0 Å². The van der Waals surface area contributed by atoms with Crippen LogP contribution in [0.5, 0.6) is 0 Å². The molecule has 4 nitrogen and oxygen atoms in total. The van der Waals surface area contributed by atoms with E-state index < -0.39 is 6.10 Å². The molecule has 4 aliphatic rings. The molecule has 0 amide bonds. The quantitative estimate of drug-likeness (QED) is 0.806. The maximum atomic E-state index is 12.3. The second-order valence-electron chi connectivity index (χ2n) is 9.42. The van der Waals surface area contributed by atoms with Crippen LogP contribution in [0.4, 0.5) is 0 Å². The Morgan fingerprint density at radius 3 is 2.72 bits per heavy atom. The minimum absolute atomic E-state index is 0.0541. The van der Waals surface area contributed by atoms with Gasteiger partial charge in [0.25, 0.3) is 0 Å². The van der Waals surface area contributed by atoms with Crippen molar-refractivity contribution in [3.8, 4) is 0 Å². The molecule has 2 N–H and O–H groups in total. The van der Waals surface area contributed by atoms with Crippen LogP contribution in [0.2, 0.25) is 0 Å². The van der Waals surface area contributed by atoms with Crippen LogP contribution >= 0.6 is 0 Å². The summed E-state index contributed by atoms with van der Waals surface area (Å²) in [6.07, 6.45) is 7.32. The normalized spacial score (nSPS) is 49.0. The Hall–Kier alpha value is -1.00. The molecule has 7 atom stereocenters. The number of carbonyl (C=O) groups is 2. The van der Waals surface area contributed by atoms with Gasteiger partial charge in [-0.1, -0.05) is 19.4 Å². The lowest BCUT2D eigenvalue weighted by atomic mass is 9.46. The lowest BCUT2D eigenvalue weighted by Crippen LogP contribution is -2.57. The smallest absolute Gasteiger partial charge is 0.161 e. The number of Topliss-reactive ketones (excluding diaryl/α,β-unsaturated/α-hetero) is 1. The van der Waals surface area contributed by atoms with Crippen molar-refractivity contribution >= 4 is 11.6 Å². The number of hydrogen-bond donors (Lipinski definition) is 2. The minimum atomic E-state index is -0.430. The van der Waals surface area contributed by atoms with E-state index in [-0.39, 0.29) is 40.8 Å². The van der Waals surface area contributed by atoms with Crippen LogP contribution < -0.4 is 0 Å². The molecule has 0 spiro atoms. The summed E-state index contributed by atoms with van der Waals surface area (Å²) in [5.41, 5.74) is 0.979. The van der Waals surface area contributed by atoms with Crippen LogP contribution in [-0.4, -0.2) is 34.5 Å². The van der Waals surface area contributed by atoms with Gasteiger partial charge in [-0.3, -0.25) is 9.59 Å². The number of carbonyl (C=O) groups excluding carboxylic acids is 2. The molecule has 3 fully saturated rings. The first kappa shape index (κ1) is 17.4. The molecule has 0 aromatic rings. The Balaban J connectivity index is 1.70. The van der Waals surface area contributed by atoms with E-state index >= 15 is 0 Å². The van der Waals surface area contributed by atoms with E-state index in [0.717, 1.165) is 32.1 Å². The maximum Gasteiger partial charge on any atom is 0.161 e. The summed E-state index contributed by atoms with van der Waals surface area (Å²) >= 11 is 0. The molecule has 0 bridgehead atoms. The molecule has 4 aliphatic carbocycles. The standard InChI is InChI=1S/C21H30O4/c1-20-8-7-13(23)9-12(20)3-4-14-15-5-6-16(18(25)11-22)21(15,2)10-17(24)19(14)20/h9,14-17,19,22,24H,3-8,10-11H2,1-2H3/t14?,15?,16-,17+,19?,20+,21+/m1/s1. The summed E-state index contributed by atoms with van der Waals surface area (Å²) in [5, 5.41) is 20.5. The molecule has 25 heavy (non-hydrogen) atoms. The Kier molecular flexibility index (Phi) is 4.01. The summed E-state index contributed by atoms with van der Waals surface area (Å²) in [5.74, 6) is 1.12. The number of aliphatic hydroxyl groups is 2. The van der Waals surface area contributed by atoms with E-state index in [1.165, 1.54) is 5.57 Å². The Morgan fingerprint density at radius 1 is 1.24 bits per heavy atom. The van der Waals surface area contributed by atoms with E-state index in [4.69, 9.17) is 0 Å². The number of allylic oxidation sites excluding steroid dienone is 1. The van der Waals surface area contributed by atoms with Crippen LogP contribution in [0.3, 0.4) is 0 Å². The zero-order valence-corrected chi connectivity index (χ0v) is 15.3. The number of aliphatic hydroxyl groups excluding tert-OH is 2. The van der Waals surface area contributed by atoms with Crippen molar-refractivity contribution in [2.75, 3.05) is 6.61 Å². The fraction of sp³-hybridized carbons (Fsp3) is 0.810. The van der Waals surface area contributed by atoms with Crippen molar-refractivity contribution in [1.82, 2.24) is 0 Å². The number of hydrogen-bond acceptors (Lipinski definition) is 4. The first-order chi connectivity index (χ1) is 11.8. The summed E-state index contributed by atoms with van der Waals surface area (Å²) in [4.78, 5) is 24.2. The third-order valence-electron chi connectivity index (χ3n) is 8.44. The highest BCUT2D eigenvalue weighted by Crippen LogP contribution is 2.66. The van der Waals surface area contributed by atoms with E-state index in [9.17, 15) is 19.8 Å². The molecule has 0 aliphatic heterocycles. The van der Waals surface area contributed by atoms with Gasteiger partial charge in [0.2, 0.25) is 0 Å². The lowest BCUT2D eigenvalue weighted by Gasteiger charge is -2.59. The molecule has 4 rings (SSSR count). The van der Waals surface area contributed by atoms with Gasteiger partial charge in [-0.05, 0) is 73.2 Å². The zero-order chi connectivity index (χ0) is 18.0. The van der Waals surface area contributed by atoms with Crippen LogP contribution in [0.15, 0.2) is 11.6 Å². The number of ketones is 2. The van der Waals surface area contributed by atoms with Gasteiger partial charge in [0.1, 0.15) is 6.61 Å². The molecule has 0 aromatic carbocycles. The first-order valence-electron chi connectivity index (χ1n) is 9.87. The van der Waals surface area contributed by atoms with Crippen molar-refractivity contribution in [1.29, 1.82) is 0 Å². The number of fused-ring (bicyclic) bond motifs is 5. The average molecular weight is 346 g/mol. The van der Waals surface area contributed by atoms with Gasteiger partial charge >= 0.3 is 0 Å². The van der Waals surface area contributed by atoms with Crippen molar-refractivity contribution in [2.45, 2.75) is 64.9 Å². The third kappa shape index (κ3) is 2.33. The zero-order valence-electron chi connectivity index (χ0n) is 15.3. The Bertz CT molecular complexity index is 638. The summed E-state index contributed by atoms with van der Waals surface area (Å²) in [6.45, 7) is 4.03. The second kappa shape index (κ2) is 5.75. The van der Waals surface area contributed by atoms with Crippen molar-refractivity contribution < 1.29 is 19.8 Å². The minimum Gasteiger partial charge on any atom is -0.393 e. The highest BCUT2D eigenvalue weighted by molar-refractivity contribution is 5.91. The first-order valence-corrected chi connectivity index (χ1v) is 9.87. The van der Waals surface area contributed by atoms with Crippen molar-refractivity contribution in [3.05, 3.63) is 11.6 Å². The van der Waals surface area contributed by atoms with Crippen molar-refractivity contribution in [2.24, 2.45) is 34.5 Å². The van der Waals surface area contributed by atoms with Gasteiger partial charge in [0, 0.05) is 12.3 Å². The van der Waals surface area contributed by atoms with Crippen LogP contribution in [0.1, 0.15) is 58.8 Å². The largest absolute Gasteiger partial charge is 0.393 e. The lowest BCUT2D eigenvalue weighted by molar-refractivity contribution is -0.146. The highest BCUT2D eigenvalue weighted by Gasteiger charge is 2.62. The Labute approximate surface area is 149 Å². The SMILES string of the molecule is C[C@]12CCC(=O)C=C1CCC1C2[C@@H](O)C[C@@]2(C)C1CC[C@@H]2C(=O)CO. The van der Waals surface area contributed by atoms with Gasteiger partial charge < -0.3 is 10.2 Å². The molecule has 0 saturated heterocycles. The molecule has 0 heterocycles. The summed E-state index contributed by atoms with van der Waals surface area (Å²) in [7, 11) is 0. The van der Waals surface area contributed by atoms with Crippen molar-refractivity contribution in [3.63, 3.8) is 0 Å². The Morgan fingerprint density at radius 2 is 2.00 bits per heavy atom. The van der Waals surface area contributed by atoms with Gasteiger partial charge in [0.05, 0.1) is 6.10 Å². The van der Waals surface area contributed by atoms with Gasteiger partial charge in [0.15, 0.2) is 11.6 Å². The number of rotatable bonds is 2. The molecule has 138 valence electrons. The van der Waals surface area contributed by atoms with Gasteiger partial charge in [-0.2, -0.15) is 0 Å². The van der Waals surface area contributed by atoms with E-state index in [1.807, 2.05) is 6.08 Å². The van der Waals surface area contributed by atoms with Crippen LogP contribution in [0.25, 0.3) is 0 Å². The highest BCUT2D eigenvalue weighted by atomic mass is 16.3. The topological polar surface area (TPSA) is 74.6 Å². The van der Waals surface area contributed by atoms with Crippen LogP contribution in [0, 0.1) is 34.5 Å². The summed E-state index contributed by atoms with van der Waals surface area (Å²) in [6, 6.07) is 0. The van der Waals surface area contributed by atoms with E-state index in [0.29, 0.717) is 24.7 Å². The average Bonchev–Trinajstić information content (AvgIpc) is 2.91. The molecule has 3 unspecified atom stereocenters. The predicted octanol–water partition coefficient (Wildman–Crippen LogP) is 2.67. The van der Waals surface area contributed by atoms with Crippen LogP contribution in [-0.2, 0) is 9.59 Å². The molecular formula is C21H30O4. The molecular weight excluding hydrogens is 316 g/mol. The van der Waals surface area contributed by atoms with E-state index in [2.05, 4.69) is 13.8 Å². The molecule has 4 heteroatoms. The fourth-order valence-electron chi connectivity index (χ4n) is 7.33. The second-order valence-corrected chi connectivity index (χ2v) is 9.42. The maximum absolute atomic E-state index is 12.3. The molecule has 3 saturated carbocycles. The molecule has 0 aromatic heterocycles. The van der Waals surface area contributed by atoms with Gasteiger partial charge in [-0.15, -0.1) is 0 Å². The predicted molar refractivity (Wildman–Crippen MR) is 93.7 cm³/mol. The summed E-state index contributed by atoms with van der Waals surface area (Å²) < 4.78 is 0. The van der Waals surface area contributed by atoms with E-state index in [1.54, 1.807) is 0 Å².